The molecule has 52 heavy (non-hydrogen) atoms. The van der Waals surface area contributed by atoms with Gasteiger partial charge in [0.15, 0.2) is 0 Å². The Hall–Kier alpha value is -5.09. The molecule has 6 rings (SSSR count). The van der Waals surface area contributed by atoms with Crippen LogP contribution in [0.15, 0.2) is 46.8 Å². The lowest BCUT2D eigenvalue weighted by molar-refractivity contribution is -0.207. The van der Waals surface area contributed by atoms with Gasteiger partial charge in [-0.05, 0) is 44.0 Å². The van der Waals surface area contributed by atoms with Crippen molar-refractivity contribution in [2.45, 2.75) is 51.1 Å². The maximum Gasteiger partial charge on any atom is 0.338 e. The highest BCUT2D eigenvalue weighted by Crippen LogP contribution is 2.37. The number of aromatic nitrogens is 4. The number of thiophene rings is 1. The Morgan fingerprint density at radius 2 is 1.90 bits per heavy atom. The fourth-order valence-corrected chi connectivity index (χ4v) is 7.48. The molecule has 1 aromatic carbocycles. The number of benzene rings is 1. The predicted molar refractivity (Wildman–Crippen MR) is 191 cm³/mol. The topological polar surface area (TPSA) is 128 Å². The molecule has 0 spiro atoms. The van der Waals surface area contributed by atoms with Crippen molar-refractivity contribution in [2.24, 2.45) is 0 Å². The van der Waals surface area contributed by atoms with Gasteiger partial charge in [-0.15, -0.1) is 11.3 Å². The summed E-state index contributed by atoms with van der Waals surface area (Å²) >= 11 is 7.61. The van der Waals surface area contributed by atoms with E-state index in [1.54, 1.807) is 43.1 Å². The van der Waals surface area contributed by atoms with Crippen LogP contribution in [0.4, 0.5) is 23.4 Å². The molecule has 1 fully saturated rings. The highest BCUT2D eigenvalue weighted by atomic mass is 35.5. The summed E-state index contributed by atoms with van der Waals surface area (Å²) in [6.45, 7) is 0.982. The molecule has 4 aromatic heterocycles. The Bertz CT molecular complexity index is 2390. The SMILES string of the molecule is Cc1nc2cnc(N(C)C3CCN(CC(F)(F)C(C)(F)F)CC3)c(C#N)c2c(=O)n1CC#Cc1ccc(Cl)cc1-c1ccnc2c(C(=O)O)csc12. The molecule has 0 bridgehead atoms. The van der Waals surface area contributed by atoms with Crippen molar-refractivity contribution in [3.63, 3.8) is 0 Å². The fraction of sp³-hybridized carbons (Fsp3) is 0.333. The number of halogens is 5. The number of aromatic carboxylic acids is 1. The molecule has 0 unspecified atom stereocenters. The number of hydrogen-bond donors (Lipinski definition) is 1. The van der Waals surface area contributed by atoms with Crippen LogP contribution < -0.4 is 10.5 Å². The third-order valence-electron chi connectivity index (χ3n) is 9.20. The molecule has 268 valence electrons. The summed E-state index contributed by atoms with van der Waals surface area (Å²) < 4.78 is 56.8. The summed E-state index contributed by atoms with van der Waals surface area (Å²) in [7, 11) is 1.69. The van der Waals surface area contributed by atoms with Crippen LogP contribution >= 0.6 is 22.9 Å². The normalized spacial score (nSPS) is 14.3. The minimum Gasteiger partial charge on any atom is -0.478 e. The quantitative estimate of drug-likeness (QED) is 0.134. The van der Waals surface area contributed by atoms with E-state index >= 15 is 0 Å². The van der Waals surface area contributed by atoms with Gasteiger partial charge in [-0.1, -0.05) is 23.4 Å². The number of likely N-dealkylation sites (tertiary alicyclic amines) is 1. The van der Waals surface area contributed by atoms with E-state index in [9.17, 15) is 37.5 Å². The molecule has 1 aliphatic rings. The van der Waals surface area contributed by atoms with Crippen molar-refractivity contribution in [2.75, 3.05) is 31.6 Å². The number of rotatable bonds is 8. The number of pyridine rings is 2. The number of nitriles is 1. The molecule has 16 heteroatoms. The van der Waals surface area contributed by atoms with Crippen molar-refractivity contribution in [1.82, 2.24) is 24.4 Å². The van der Waals surface area contributed by atoms with Crippen molar-refractivity contribution in [3.05, 3.63) is 79.9 Å². The monoisotopic (exact) mass is 751 g/mol. The number of alkyl halides is 4. The van der Waals surface area contributed by atoms with Crippen LogP contribution in [0.5, 0.6) is 0 Å². The first-order chi connectivity index (χ1) is 24.6. The smallest absolute Gasteiger partial charge is 0.338 e. The van der Waals surface area contributed by atoms with E-state index in [0.29, 0.717) is 50.6 Å². The summed E-state index contributed by atoms with van der Waals surface area (Å²) in [6.07, 6.45) is 3.63. The van der Waals surface area contributed by atoms with E-state index in [1.165, 1.54) is 38.6 Å². The second-order valence-corrected chi connectivity index (χ2v) is 13.9. The molecule has 0 saturated carbocycles. The largest absolute Gasteiger partial charge is 0.478 e. The van der Waals surface area contributed by atoms with Crippen LogP contribution in [0.2, 0.25) is 5.02 Å². The Labute approximate surface area is 303 Å². The lowest BCUT2D eigenvalue weighted by Crippen LogP contribution is -2.51. The average Bonchev–Trinajstić information content (AvgIpc) is 3.54. The highest BCUT2D eigenvalue weighted by Gasteiger charge is 2.53. The molecule has 1 N–H and O–H groups in total. The summed E-state index contributed by atoms with van der Waals surface area (Å²) in [4.78, 5) is 41.9. The van der Waals surface area contributed by atoms with Gasteiger partial charge < -0.3 is 10.0 Å². The van der Waals surface area contributed by atoms with E-state index in [-0.39, 0.29) is 60.4 Å². The summed E-state index contributed by atoms with van der Waals surface area (Å²) in [5, 5.41) is 21.9. The first kappa shape index (κ1) is 36.7. The molecule has 0 aliphatic carbocycles. The summed E-state index contributed by atoms with van der Waals surface area (Å²) in [5.41, 5.74) is 2.07. The van der Waals surface area contributed by atoms with Crippen LogP contribution in [-0.2, 0) is 6.54 Å². The van der Waals surface area contributed by atoms with E-state index in [2.05, 4.69) is 32.9 Å². The Balaban J connectivity index is 1.29. The number of carbonyl (C=O) groups is 1. The number of carboxylic acid groups (broad SMARTS) is 1. The zero-order valence-electron chi connectivity index (χ0n) is 28.1. The molecule has 1 saturated heterocycles. The van der Waals surface area contributed by atoms with Gasteiger partial charge in [-0.25, -0.2) is 23.5 Å². The first-order valence-electron chi connectivity index (χ1n) is 16.0. The van der Waals surface area contributed by atoms with E-state index in [1.807, 2.05) is 0 Å². The van der Waals surface area contributed by atoms with Crippen LogP contribution in [-0.4, -0.2) is 80.1 Å². The lowest BCUT2D eigenvalue weighted by Gasteiger charge is -2.39. The number of piperidine rings is 1. The van der Waals surface area contributed by atoms with E-state index in [0.717, 1.165) is 0 Å². The van der Waals surface area contributed by atoms with Gasteiger partial charge in [-0.3, -0.25) is 19.2 Å². The third-order valence-corrected chi connectivity index (χ3v) is 10.4. The second-order valence-electron chi connectivity index (χ2n) is 12.6. The van der Waals surface area contributed by atoms with Crippen molar-refractivity contribution < 1.29 is 27.5 Å². The van der Waals surface area contributed by atoms with Gasteiger partial charge in [0.05, 0.1) is 46.0 Å². The molecule has 0 amide bonds. The Morgan fingerprint density at radius 3 is 2.58 bits per heavy atom. The number of hydrogen-bond acceptors (Lipinski definition) is 9. The number of anilines is 1. The molecular weight excluding hydrogens is 722 g/mol. The van der Waals surface area contributed by atoms with E-state index < -0.39 is 29.9 Å². The van der Waals surface area contributed by atoms with Gasteiger partial charge in [-0.2, -0.15) is 14.0 Å². The van der Waals surface area contributed by atoms with Crippen LogP contribution in [0.25, 0.3) is 32.2 Å². The molecule has 0 radical (unpaired) electrons. The number of carboxylic acids is 1. The van der Waals surface area contributed by atoms with Gasteiger partial charge in [0.2, 0.25) is 0 Å². The number of fused-ring (bicyclic) bond motifs is 2. The van der Waals surface area contributed by atoms with Gasteiger partial charge in [0.25, 0.3) is 5.56 Å². The third kappa shape index (κ3) is 6.91. The number of aryl methyl sites for hydroxylation is 1. The molecular formula is C36H30ClF4N7O3S. The van der Waals surface area contributed by atoms with Crippen LogP contribution in [0, 0.1) is 30.1 Å². The highest BCUT2D eigenvalue weighted by molar-refractivity contribution is 7.18. The lowest BCUT2D eigenvalue weighted by atomic mass is 10.00. The fourth-order valence-electron chi connectivity index (χ4n) is 6.28. The zero-order chi connectivity index (χ0) is 37.5. The molecule has 5 aromatic rings. The Morgan fingerprint density at radius 1 is 1.17 bits per heavy atom. The van der Waals surface area contributed by atoms with Gasteiger partial charge >= 0.3 is 17.8 Å². The maximum atomic E-state index is 14.0. The van der Waals surface area contributed by atoms with E-state index in [4.69, 9.17) is 11.6 Å². The van der Waals surface area contributed by atoms with Crippen LogP contribution in [0.3, 0.4) is 0 Å². The molecule has 0 atom stereocenters. The molecule has 10 nitrogen and oxygen atoms in total. The molecule has 1 aliphatic heterocycles. The standard InChI is InChI=1S/C36H30ClF4N7O3S/c1-20-45-28-17-44-32(46(3)23-9-13-47(14-10-23)19-36(40,41)35(2,38)39)26(16-42)29(28)33(49)48(20)12-4-5-21-6-7-22(37)15-25(21)24-8-11-43-30-27(34(50)51)18-52-31(24)30/h6-8,11,15,17-18,23H,9-10,12-14,19H2,1-3H3,(H,50,51). The van der Waals surface area contributed by atoms with Gasteiger partial charge in [0.1, 0.15) is 23.3 Å². The minimum atomic E-state index is -4.17. The Kier molecular flexibility index (Phi) is 9.98. The predicted octanol–water partition coefficient (Wildman–Crippen LogP) is 6.84. The average molecular weight is 752 g/mol. The molecule has 5 heterocycles. The zero-order valence-corrected chi connectivity index (χ0v) is 29.6. The summed E-state index contributed by atoms with van der Waals surface area (Å²) in [6, 6.07) is 8.73. The first-order valence-corrected chi connectivity index (χ1v) is 17.3. The number of nitrogens with zero attached hydrogens (tertiary/aromatic N) is 7. The summed E-state index contributed by atoms with van der Waals surface area (Å²) in [5.74, 6) is -2.71. The second kappa shape index (κ2) is 14.1. The van der Waals surface area contributed by atoms with Crippen molar-refractivity contribution in [1.29, 1.82) is 5.26 Å². The van der Waals surface area contributed by atoms with Crippen LogP contribution in [0.1, 0.15) is 47.1 Å². The van der Waals surface area contributed by atoms with Crippen molar-refractivity contribution in [3.8, 4) is 29.0 Å². The van der Waals surface area contributed by atoms with Crippen molar-refractivity contribution >= 4 is 55.8 Å². The minimum absolute atomic E-state index is 0.00262. The van der Waals surface area contributed by atoms with Gasteiger partial charge in [0, 0.05) is 66.4 Å². The maximum absolute atomic E-state index is 14.0.